The van der Waals surface area contributed by atoms with Crippen molar-refractivity contribution in [2.45, 2.75) is 13.3 Å². The molecule has 0 aliphatic carbocycles. The first-order valence-corrected chi connectivity index (χ1v) is 6.56. The third-order valence-corrected chi connectivity index (χ3v) is 3.14. The third kappa shape index (κ3) is 4.89. The molecule has 0 fully saturated rings. The molecule has 96 valence electrons. The van der Waals surface area contributed by atoms with Crippen LogP contribution < -0.4 is 0 Å². The molecule has 0 spiro atoms. The molecule has 0 bridgehead atoms. The molecule has 18 heavy (non-hydrogen) atoms. The van der Waals surface area contributed by atoms with E-state index in [4.69, 9.17) is 16.7 Å². The minimum atomic E-state index is -1.10. The molecule has 0 radical (unpaired) electrons. The smallest absolute Gasteiger partial charge is 0.338 e. The van der Waals surface area contributed by atoms with Crippen LogP contribution in [0.1, 0.15) is 29.3 Å². The van der Waals surface area contributed by atoms with E-state index in [1.807, 2.05) is 6.08 Å². The van der Waals surface area contributed by atoms with Gasteiger partial charge in [0.1, 0.15) is 5.15 Å². The number of thioether (sulfide) groups is 1. The Labute approximate surface area is 114 Å². The Kier molecular flexibility index (Phi) is 5.88. The van der Waals surface area contributed by atoms with Gasteiger partial charge in [-0.3, -0.25) is 4.79 Å². The molecule has 1 aromatic heterocycles. The van der Waals surface area contributed by atoms with Crippen molar-refractivity contribution in [3.05, 3.63) is 34.6 Å². The van der Waals surface area contributed by atoms with Crippen molar-refractivity contribution in [2.75, 3.05) is 5.75 Å². The number of carboxylic acid groups (broad SMARTS) is 1. The Hall–Kier alpha value is -1.33. The van der Waals surface area contributed by atoms with Crippen LogP contribution in [0.2, 0.25) is 5.15 Å². The van der Waals surface area contributed by atoms with Crippen LogP contribution in [-0.2, 0) is 4.79 Å². The van der Waals surface area contributed by atoms with Crippen molar-refractivity contribution in [3.63, 3.8) is 0 Å². The molecular formula is C12H12ClNO3S. The summed E-state index contributed by atoms with van der Waals surface area (Å²) in [4.78, 5) is 25.3. The summed E-state index contributed by atoms with van der Waals surface area (Å²) in [6.07, 6.45) is 5.86. The fourth-order valence-corrected chi connectivity index (χ4v) is 1.92. The van der Waals surface area contributed by atoms with E-state index >= 15 is 0 Å². The summed E-state index contributed by atoms with van der Waals surface area (Å²) in [5.41, 5.74) is 0.654. The quantitative estimate of drug-likeness (QED) is 0.665. The van der Waals surface area contributed by atoms with Gasteiger partial charge in [0, 0.05) is 18.9 Å². The van der Waals surface area contributed by atoms with E-state index in [0.29, 0.717) is 11.3 Å². The van der Waals surface area contributed by atoms with E-state index in [0.717, 1.165) is 6.42 Å². The van der Waals surface area contributed by atoms with Gasteiger partial charge < -0.3 is 5.11 Å². The van der Waals surface area contributed by atoms with Crippen molar-refractivity contribution in [1.82, 2.24) is 4.98 Å². The number of pyridine rings is 1. The van der Waals surface area contributed by atoms with Gasteiger partial charge in [0.25, 0.3) is 0 Å². The zero-order valence-electron chi connectivity index (χ0n) is 9.72. The minimum Gasteiger partial charge on any atom is -0.478 e. The van der Waals surface area contributed by atoms with Crippen LogP contribution in [0.5, 0.6) is 0 Å². The average Bonchev–Trinajstić information content (AvgIpc) is 2.30. The number of carbonyl (C=O) groups excluding carboxylic acids is 1. The maximum Gasteiger partial charge on any atom is 0.338 e. The maximum atomic E-state index is 10.8. The highest BCUT2D eigenvalue weighted by molar-refractivity contribution is 8.13. The number of halogens is 1. The van der Waals surface area contributed by atoms with Crippen molar-refractivity contribution < 1.29 is 14.7 Å². The number of rotatable bonds is 5. The lowest BCUT2D eigenvalue weighted by Crippen LogP contribution is -1.99. The summed E-state index contributed by atoms with van der Waals surface area (Å²) in [6, 6.07) is 1.46. The van der Waals surface area contributed by atoms with Crippen LogP contribution in [-0.4, -0.2) is 26.9 Å². The van der Waals surface area contributed by atoms with Crippen LogP contribution in [0.3, 0.4) is 0 Å². The van der Waals surface area contributed by atoms with Gasteiger partial charge in [0.15, 0.2) is 5.12 Å². The number of allylic oxidation sites excluding steroid dienone is 1. The van der Waals surface area contributed by atoms with Crippen LogP contribution in [0.25, 0.3) is 6.08 Å². The van der Waals surface area contributed by atoms with Crippen LogP contribution in [0.4, 0.5) is 0 Å². The first kappa shape index (κ1) is 14.7. The summed E-state index contributed by atoms with van der Waals surface area (Å²) in [5.74, 6) is -0.395. The summed E-state index contributed by atoms with van der Waals surface area (Å²) in [7, 11) is 0. The fraction of sp³-hybridized carbons (Fsp3) is 0.250. The molecular weight excluding hydrogens is 274 g/mol. The Morgan fingerprint density at radius 3 is 2.89 bits per heavy atom. The first-order valence-electron chi connectivity index (χ1n) is 5.19. The van der Waals surface area contributed by atoms with Gasteiger partial charge in [-0.2, -0.15) is 0 Å². The van der Waals surface area contributed by atoms with E-state index in [9.17, 15) is 9.59 Å². The SMILES string of the molecule is CC(=O)SCCC=Cc1cnc(Cl)c(C(=O)O)c1. The molecule has 1 aromatic rings. The molecule has 4 nitrogen and oxygen atoms in total. The van der Waals surface area contributed by atoms with E-state index < -0.39 is 5.97 Å². The van der Waals surface area contributed by atoms with E-state index in [1.54, 1.807) is 6.08 Å². The zero-order valence-corrected chi connectivity index (χ0v) is 11.3. The van der Waals surface area contributed by atoms with Crippen molar-refractivity contribution in [3.8, 4) is 0 Å². The topological polar surface area (TPSA) is 67.3 Å². The molecule has 1 heterocycles. The van der Waals surface area contributed by atoms with Gasteiger partial charge in [-0.25, -0.2) is 9.78 Å². The number of carbonyl (C=O) groups is 2. The molecule has 0 saturated carbocycles. The number of hydrogen-bond acceptors (Lipinski definition) is 4. The van der Waals surface area contributed by atoms with Crippen LogP contribution in [0, 0.1) is 0 Å². The second kappa shape index (κ2) is 7.18. The Bertz CT molecular complexity index is 488. The van der Waals surface area contributed by atoms with Gasteiger partial charge in [-0.05, 0) is 18.1 Å². The largest absolute Gasteiger partial charge is 0.478 e. The molecule has 0 amide bonds. The lowest BCUT2D eigenvalue weighted by atomic mass is 10.2. The van der Waals surface area contributed by atoms with Gasteiger partial charge in [-0.1, -0.05) is 35.5 Å². The molecule has 6 heteroatoms. The standard InChI is InChI=1S/C12H12ClNO3S/c1-8(15)18-5-3-2-4-9-6-10(12(16)17)11(13)14-7-9/h2,4,6-7H,3,5H2,1H3,(H,16,17). The Morgan fingerprint density at radius 1 is 1.56 bits per heavy atom. The lowest BCUT2D eigenvalue weighted by Gasteiger charge is -1.99. The summed E-state index contributed by atoms with van der Waals surface area (Å²) in [5, 5.41) is 8.94. The maximum absolute atomic E-state index is 10.8. The predicted octanol–water partition coefficient (Wildman–Crippen LogP) is 3.12. The minimum absolute atomic E-state index is 0.0167. The average molecular weight is 286 g/mol. The summed E-state index contributed by atoms with van der Waals surface area (Å²) in [6.45, 7) is 1.52. The van der Waals surface area contributed by atoms with Crippen molar-refractivity contribution >= 4 is 40.5 Å². The predicted molar refractivity (Wildman–Crippen MR) is 73.0 cm³/mol. The molecule has 1 rings (SSSR count). The van der Waals surface area contributed by atoms with Gasteiger partial charge in [0.05, 0.1) is 5.56 Å². The van der Waals surface area contributed by atoms with Crippen LogP contribution >= 0.6 is 23.4 Å². The molecule has 0 unspecified atom stereocenters. The highest BCUT2D eigenvalue weighted by Crippen LogP contribution is 2.15. The molecule has 0 aliphatic heterocycles. The Balaban J connectivity index is 2.62. The van der Waals surface area contributed by atoms with Gasteiger partial charge >= 0.3 is 5.97 Å². The highest BCUT2D eigenvalue weighted by atomic mass is 35.5. The zero-order chi connectivity index (χ0) is 13.5. The first-order chi connectivity index (χ1) is 8.50. The molecule has 1 N–H and O–H groups in total. The van der Waals surface area contributed by atoms with Crippen molar-refractivity contribution in [2.24, 2.45) is 0 Å². The number of nitrogens with zero attached hydrogens (tertiary/aromatic N) is 1. The third-order valence-electron chi connectivity index (χ3n) is 1.99. The number of aromatic carboxylic acids is 1. The molecule has 0 atom stereocenters. The van der Waals surface area contributed by atoms with Gasteiger partial charge in [0.2, 0.25) is 0 Å². The second-order valence-corrected chi connectivity index (χ2v) is 5.07. The highest BCUT2D eigenvalue weighted by Gasteiger charge is 2.09. The molecule has 0 saturated heterocycles. The van der Waals surface area contributed by atoms with Crippen molar-refractivity contribution in [1.29, 1.82) is 0 Å². The number of aromatic nitrogens is 1. The Morgan fingerprint density at radius 2 is 2.28 bits per heavy atom. The molecule has 0 aliphatic rings. The van der Waals surface area contributed by atoms with E-state index in [1.165, 1.54) is 30.9 Å². The summed E-state index contributed by atoms with van der Waals surface area (Å²) >= 11 is 6.91. The lowest BCUT2D eigenvalue weighted by molar-refractivity contribution is -0.109. The van der Waals surface area contributed by atoms with E-state index in [2.05, 4.69) is 4.98 Å². The van der Waals surface area contributed by atoms with Crippen LogP contribution in [0.15, 0.2) is 18.3 Å². The van der Waals surface area contributed by atoms with E-state index in [-0.39, 0.29) is 15.8 Å². The molecule has 0 aromatic carbocycles. The number of carboxylic acids is 1. The second-order valence-electron chi connectivity index (χ2n) is 3.44. The monoisotopic (exact) mass is 285 g/mol. The number of hydrogen-bond donors (Lipinski definition) is 1. The summed E-state index contributed by atoms with van der Waals surface area (Å²) < 4.78 is 0. The fourth-order valence-electron chi connectivity index (χ4n) is 1.20. The normalized spacial score (nSPS) is 10.8. The van der Waals surface area contributed by atoms with Gasteiger partial charge in [-0.15, -0.1) is 0 Å².